The molecule has 0 saturated carbocycles. The van der Waals surface area contributed by atoms with Gasteiger partial charge < -0.3 is 4.74 Å². The predicted octanol–water partition coefficient (Wildman–Crippen LogP) is 8.12. The number of aryl methyl sites for hydroxylation is 3. The van der Waals surface area contributed by atoms with E-state index in [4.69, 9.17) is 4.74 Å². The molecule has 2 nitrogen and oxygen atoms in total. The molecule has 0 N–H and O–H groups in total. The van der Waals surface area contributed by atoms with Crippen molar-refractivity contribution >= 4 is 0 Å². The van der Waals surface area contributed by atoms with E-state index < -0.39 is 0 Å². The Morgan fingerprint density at radius 3 is 1.87 bits per heavy atom. The fourth-order valence-corrected chi connectivity index (χ4v) is 3.77. The highest BCUT2D eigenvalue weighted by molar-refractivity contribution is 5.28. The molecule has 1 aromatic carbocycles. The highest BCUT2D eigenvalue weighted by atomic mass is 16.5. The van der Waals surface area contributed by atoms with Crippen molar-refractivity contribution in [2.45, 2.75) is 104 Å². The van der Waals surface area contributed by atoms with E-state index in [1.807, 2.05) is 0 Å². The molecule has 0 amide bonds. The van der Waals surface area contributed by atoms with Gasteiger partial charge in [-0.1, -0.05) is 89.8 Å². The Labute approximate surface area is 185 Å². The quantitative estimate of drug-likeness (QED) is 0.246. The molecule has 0 aliphatic heterocycles. The molecule has 0 spiro atoms. The number of rotatable bonds is 17. The minimum absolute atomic E-state index is 0.835. The fraction of sp³-hybridized carbons (Fsp3) is 0.607. The van der Waals surface area contributed by atoms with Gasteiger partial charge in [0.1, 0.15) is 5.75 Å². The second-order valence-corrected chi connectivity index (χ2v) is 8.58. The SMILES string of the molecule is CCCCCCCCOc1ccc(CCc2ccc(CCCCCCC)nc2)cc1. The number of hydrogen-bond acceptors (Lipinski definition) is 2. The van der Waals surface area contributed by atoms with Gasteiger partial charge in [-0.15, -0.1) is 0 Å². The van der Waals surface area contributed by atoms with Crippen molar-refractivity contribution in [3.63, 3.8) is 0 Å². The van der Waals surface area contributed by atoms with Gasteiger partial charge in [-0.25, -0.2) is 0 Å². The van der Waals surface area contributed by atoms with Crippen LogP contribution < -0.4 is 4.74 Å². The van der Waals surface area contributed by atoms with E-state index in [2.05, 4.69) is 61.4 Å². The van der Waals surface area contributed by atoms with E-state index in [-0.39, 0.29) is 0 Å². The lowest BCUT2D eigenvalue weighted by molar-refractivity contribution is 0.304. The number of ether oxygens (including phenoxy) is 1. The van der Waals surface area contributed by atoms with Gasteiger partial charge in [-0.2, -0.15) is 0 Å². The number of unbranched alkanes of at least 4 members (excludes halogenated alkanes) is 9. The third-order valence-corrected chi connectivity index (χ3v) is 5.81. The van der Waals surface area contributed by atoms with Crippen LogP contribution in [0.25, 0.3) is 0 Å². The van der Waals surface area contributed by atoms with E-state index in [1.54, 1.807) is 0 Å². The molecule has 1 aromatic heterocycles. The Morgan fingerprint density at radius 2 is 1.20 bits per heavy atom. The number of hydrogen-bond donors (Lipinski definition) is 0. The van der Waals surface area contributed by atoms with Crippen LogP contribution in [0.5, 0.6) is 5.75 Å². The first-order valence-electron chi connectivity index (χ1n) is 12.5. The summed E-state index contributed by atoms with van der Waals surface area (Å²) in [6, 6.07) is 13.1. The first-order chi connectivity index (χ1) is 14.8. The van der Waals surface area contributed by atoms with Crippen LogP contribution in [0.4, 0.5) is 0 Å². The Bertz CT molecular complexity index is 647. The maximum absolute atomic E-state index is 5.89. The van der Waals surface area contributed by atoms with Gasteiger partial charge >= 0.3 is 0 Å². The van der Waals surface area contributed by atoms with Gasteiger partial charge in [0.2, 0.25) is 0 Å². The summed E-state index contributed by atoms with van der Waals surface area (Å²) in [7, 11) is 0. The van der Waals surface area contributed by atoms with Crippen molar-refractivity contribution in [3.05, 3.63) is 59.4 Å². The largest absolute Gasteiger partial charge is 0.494 e. The van der Waals surface area contributed by atoms with E-state index in [0.717, 1.165) is 38.0 Å². The Hall–Kier alpha value is -1.83. The Kier molecular flexibility index (Phi) is 13.0. The molecule has 2 heteroatoms. The van der Waals surface area contributed by atoms with Gasteiger partial charge in [-0.05, 0) is 61.4 Å². The lowest BCUT2D eigenvalue weighted by Crippen LogP contribution is -1.98. The number of benzene rings is 1. The molecule has 30 heavy (non-hydrogen) atoms. The number of aromatic nitrogens is 1. The molecule has 0 aliphatic carbocycles. The second kappa shape index (κ2) is 15.9. The van der Waals surface area contributed by atoms with E-state index >= 15 is 0 Å². The molecule has 166 valence electrons. The predicted molar refractivity (Wildman–Crippen MR) is 129 cm³/mol. The summed E-state index contributed by atoms with van der Waals surface area (Å²) in [6.45, 7) is 5.36. The fourth-order valence-electron chi connectivity index (χ4n) is 3.77. The topological polar surface area (TPSA) is 22.1 Å². The molecule has 0 atom stereocenters. The smallest absolute Gasteiger partial charge is 0.119 e. The highest BCUT2D eigenvalue weighted by Gasteiger charge is 2.01. The zero-order valence-corrected chi connectivity index (χ0v) is 19.5. The first-order valence-corrected chi connectivity index (χ1v) is 12.5. The van der Waals surface area contributed by atoms with Crippen LogP contribution in [-0.2, 0) is 19.3 Å². The Balaban J connectivity index is 1.61. The number of nitrogens with zero attached hydrogens (tertiary/aromatic N) is 1. The van der Waals surface area contributed by atoms with Crippen molar-refractivity contribution in [1.82, 2.24) is 4.98 Å². The summed E-state index contributed by atoms with van der Waals surface area (Å²) in [6.07, 6.45) is 19.7. The molecule has 0 bridgehead atoms. The summed E-state index contributed by atoms with van der Waals surface area (Å²) in [4.78, 5) is 4.67. The molecule has 0 saturated heterocycles. The molecule has 2 aromatic rings. The van der Waals surface area contributed by atoms with Crippen LogP contribution >= 0.6 is 0 Å². The third kappa shape index (κ3) is 10.8. The van der Waals surface area contributed by atoms with Gasteiger partial charge in [0.25, 0.3) is 0 Å². The van der Waals surface area contributed by atoms with Gasteiger partial charge in [0.05, 0.1) is 6.61 Å². The van der Waals surface area contributed by atoms with Crippen molar-refractivity contribution in [2.75, 3.05) is 6.61 Å². The second-order valence-electron chi connectivity index (χ2n) is 8.58. The van der Waals surface area contributed by atoms with Crippen molar-refractivity contribution < 1.29 is 4.74 Å². The van der Waals surface area contributed by atoms with E-state index in [0.29, 0.717) is 0 Å². The maximum Gasteiger partial charge on any atom is 0.119 e. The lowest BCUT2D eigenvalue weighted by atomic mass is 10.0. The van der Waals surface area contributed by atoms with Crippen LogP contribution in [0.1, 0.15) is 101 Å². The zero-order chi connectivity index (χ0) is 21.3. The van der Waals surface area contributed by atoms with Crippen LogP contribution in [-0.4, -0.2) is 11.6 Å². The lowest BCUT2D eigenvalue weighted by Gasteiger charge is -2.08. The van der Waals surface area contributed by atoms with E-state index in [9.17, 15) is 0 Å². The Morgan fingerprint density at radius 1 is 0.600 bits per heavy atom. The average molecular weight is 410 g/mol. The first kappa shape index (κ1) is 24.4. The van der Waals surface area contributed by atoms with Crippen LogP contribution in [0.2, 0.25) is 0 Å². The van der Waals surface area contributed by atoms with E-state index in [1.165, 1.54) is 81.0 Å². The molecule has 0 unspecified atom stereocenters. The van der Waals surface area contributed by atoms with Gasteiger partial charge in [0, 0.05) is 11.9 Å². The van der Waals surface area contributed by atoms with Crippen LogP contribution in [0.15, 0.2) is 42.6 Å². The summed E-state index contributed by atoms with van der Waals surface area (Å²) in [5.74, 6) is 0.997. The zero-order valence-electron chi connectivity index (χ0n) is 19.5. The van der Waals surface area contributed by atoms with Crippen molar-refractivity contribution in [2.24, 2.45) is 0 Å². The third-order valence-electron chi connectivity index (χ3n) is 5.81. The minimum atomic E-state index is 0.835. The van der Waals surface area contributed by atoms with Gasteiger partial charge in [0.15, 0.2) is 0 Å². The van der Waals surface area contributed by atoms with Gasteiger partial charge in [-0.3, -0.25) is 4.98 Å². The van der Waals surface area contributed by atoms with Crippen LogP contribution in [0.3, 0.4) is 0 Å². The normalized spacial score (nSPS) is 11.0. The molecular formula is C28H43NO. The van der Waals surface area contributed by atoms with Crippen molar-refractivity contribution in [3.8, 4) is 5.75 Å². The molecular weight excluding hydrogens is 366 g/mol. The standard InChI is InChI=1S/C28H43NO/c1-3-5-7-9-11-13-23-30-28-21-18-25(19-22-28)15-16-26-17-20-27(29-24-26)14-12-10-8-6-4-2/h17-22,24H,3-16,23H2,1-2H3. The molecule has 0 fully saturated rings. The molecule has 0 aliphatic rings. The number of pyridine rings is 1. The van der Waals surface area contributed by atoms with Crippen LogP contribution in [0, 0.1) is 0 Å². The highest BCUT2D eigenvalue weighted by Crippen LogP contribution is 2.15. The monoisotopic (exact) mass is 409 g/mol. The minimum Gasteiger partial charge on any atom is -0.494 e. The molecule has 2 rings (SSSR count). The molecule has 1 heterocycles. The summed E-state index contributed by atoms with van der Waals surface area (Å²) in [5, 5.41) is 0. The average Bonchev–Trinajstić information content (AvgIpc) is 2.78. The summed E-state index contributed by atoms with van der Waals surface area (Å²) >= 11 is 0. The van der Waals surface area contributed by atoms with Crippen molar-refractivity contribution in [1.29, 1.82) is 0 Å². The molecule has 0 radical (unpaired) electrons. The summed E-state index contributed by atoms with van der Waals surface area (Å²) in [5.41, 5.74) is 3.93. The summed E-state index contributed by atoms with van der Waals surface area (Å²) < 4.78 is 5.89. The maximum atomic E-state index is 5.89.